The first-order chi connectivity index (χ1) is 5.11. The maximum atomic E-state index is 11.0. The Morgan fingerprint density at radius 1 is 1.55 bits per heavy atom. The second-order valence-electron chi connectivity index (χ2n) is 2.01. The number of thiophene rings is 1. The molecule has 0 N–H and O–H groups in total. The van der Waals surface area contributed by atoms with Crippen LogP contribution in [0.2, 0.25) is 0 Å². The van der Waals surface area contributed by atoms with Gasteiger partial charge in [-0.25, -0.2) is 0 Å². The second kappa shape index (κ2) is 3.28. The molecule has 1 heterocycles. The standard InChI is InChI=1S/C7H5BrO2S/c1-4(9)7(10)6-2-5(8)3-11-6/h2-3H,1H3. The number of hydrogen-bond donors (Lipinski definition) is 0. The topological polar surface area (TPSA) is 34.1 Å². The maximum absolute atomic E-state index is 11.0. The molecule has 1 aromatic rings. The van der Waals surface area contributed by atoms with E-state index in [2.05, 4.69) is 15.9 Å². The zero-order chi connectivity index (χ0) is 8.43. The number of halogens is 1. The van der Waals surface area contributed by atoms with E-state index in [1.54, 1.807) is 11.4 Å². The van der Waals surface area contributed by atoms with E-state index >= 15 is 0 Å². The molecule has 0 fully saturated rings. The molecule has 0 bridgehead atoms. The Morgan fingerprint density at radius 3 is 2.55 bits per heavy atom. The monoisotopic (exact) mass is 232 g/mol. The average Bonchev–Trinajstić information content (AvgIpc) is 2.34. The molecular formula is C7H5BrO2S. The highest BCUT2D eigenvalue weighted by atomic mass is 79.9. The van der Waals surface area contributed by atoms with E-state index in [4.69, 9.17) is 0 Å². The molecule has 0 aliphatic rings. The molecule has 4 heteroatoms. The lowest BCUT2D eigenvalue weighted by atomic mass is 10.2. The fourth-order valence-corrected chi connectivity index (χ4v) is 2.02. The van der Waals surface area contributed by atoms with Gasteiger partial charge in [-0.15, -0.1) is 11.3 Å². The molecular weight excluding hydrogens is 228 g/mol. The molecule has 0 amide bonds. The van der Waals surface area contributed by atoms with Crippen LogP contribution in [-0.4, -0.2) is 11.6 Å². The molecule has 0 unspecified atom stereocenters. The molecule has 1 rings (SSSR count). The zero-order valence-electron chi connectivity index (χ0n) is 5.76. The van der Waals surface area contributed by atoms with Crippen molar-refractivity contribution in [3.05, 3.63) is 20.8 Å². The molecule has 0 aliphatic heterocycles. The third-order valence-electron chi connectivity index (χ3n) is 1.11. The summed E-state index contributed by atoms with van der Waals surface area (Å²) < 4.78 is 0.840. The molecule has 0 spiro atoms. The van der Waals surface area contributed by atoms with E-state index in [0.717, 1.165) is 4.47 Å². The van der Waals surface area contributed by atoms with Crippen molar-refractivity contribution < 1.29 is 9.59 Å². The molecule has 11 heavy (non-hydrogen) atoms. The maximum Gasteiger partial charge on any atom is 0.238 e. The Kier molecular flexibility index (Phi) is 2.57. The Labute approximate surface area is 76.4 Å². The van der Waals surface area contributed by atoms with Crippen molar-refractivity contribution in [2.45, 2.75) is 6.92 Å². The summed E-state index contributed by atoms with van der Waals surface area (Å²) in [7, 11) is 0. The van der Waals surface area contributed by atoms with E-state index in [0.29, 0.717) is 4.88 Å². The smallest absolute Gasteiger partial charge is 0.238 e. The summed E-state index contributed by atoms with van der Waals surface area (Å²) in [6.45, 7) is 1.27. The highest BCUT2D eigenvalue weighted by Crippen LogP contribution is 2.20. The van der Waals surface area contributed by atoms with Crippen LogP contribution in [-0.2, 0) is 4.79 Å². The van der Waals surface area contributed by atoms with Gasteiger partial charge in [0.05, 0.1) is 4.88 Å². The summed E-state index contributed by atoms with van der Waals surface area (Å²) in [5, 5.41) is 1.77. The summed E-state index contributed by atoms with van der Waals surface area (Å²) >= 11 is 4.47. The highest BCUT2D eigenvalue weighted by Gasteiger charge is 2.12. The molecule has 2 nitrogen and oxygen atoms in total. The van der Waals surface area contributed by atoms with Gasteiger partial charge in [0, 0.05) is 16.8 Å². The average molecular weight is 233 g/mol. The van der Waals surface area contributed by atoms with Gasteiger partial charge >= 0.3 is 0 Å². The van der Waals surface area contributed by atoms with Crippen molar-refractivity contribution in [3.8, 4) is 0 Å². The molecule has 58 valence electrons. The second-order valence-corrected chi connectivity index (χ2v) is 3.84. The van der Waals surface area contributed by atoms with E-state index < -0.39 is 11.6 Å². The molecule has 0 radical (unpaired) electrons. The lowest BCUT2D eigenvalue weighted by Crippen LogP contribution is -2.07. The van der Waals surface area contributed by atoms with Crippen LogP contribution < -0.4 is 0 Å². The predicted molar refractivity (Wildman–Crippen MR) is 47.0 cm³/mol. The van der Waals surface area contributed by atoms with Crippen molar-refractivity contribution in [3.63, 3.8) is 0 Å². The summed E-state index contributed by atoms with van der Waals surface area (Å²) in [5.41, 5.74) is 0. The largest absolute Gasteiger partial charge is 0.291 e. The van der Waals surface area contributed by atoms with E-state index in [1.807, 2.05) is 0 Å². The van der Waals surface area contributed by atoms with Gasteiger partial charge in [-0.2, -0.15) is 0 Å². The van der Waals surface area contributed by atoms with Crippen LogP contribution in [0.5, 0.6) is 0 Å². The molecule has 0 atom stereocenters. The van der Waals surface area contributed by atoms with Crippen molar-refractivity contribution in [1.82, 2.24) is 0 Å². The van der Waals surface area contributed by atoms with Crippen LogP contribution in [0.15, 0.2) is 15.9 Å². The van der Waals surface area contributed by atoms with Crippen LogP contribution in [0, 0.1) is 0 Å². The van der Waals surface area contributed by atoms with Crippen LogP contribution in [0.1, 0.15) is 16.6 Å². The summed E-state index contributed by atoms with van der Waals surface area (Å²) in [6.07, 6.45) is 0. The van der Waals surface area contributed by atoms with Gasteiger partial charge in [0.1, 0.15) is 0 Å². The van der Waals surface area contributed by atoms with Gasteiger partial charge < -0.3 is 0 Å². The number of rotatable bonds is 2. The van der Waals surface area contributed by atoms with Crippen LogP contribution in [0.4, 0.5) is 0 Å². The first-order valence-electron chi connectivity index (χ1n) is 2.90. The van der Waals surface area contributed by atoms with Gasteiger partial charge in [0.2, 0.25) is 11.6 Å². The van der Waals surface area contributed by atoms with E-state index in [-0.39, 0.29) is 0 Å². The van der Waals surface area contributed by atoms with Crippen LogP contribution in [0.3, 0.4) is 0 Å². The first kappa shape index (κ1) is 8.62. The molecule has 0 aliphatic carbocycles. The number of ketones is 2. The molecule has 0 saturated carbocycles. The zero-order valence-corrected chi connectivity index (χ0v) is 8.16. The molecule has 1 aromatic heterocycles. The molecule has 0 aromatic carbocycles. The van der Waals surface area contributed by atoms with Crippen LogP contribution in [0.25, 0.3) is 0 Å². The third kappa shape index (κ3) is 1.97. The first-order valence-corrected chi connectivity index (χ1v) is 4.58. The van der Waals surface area contributed by atoms with Gasteiger partial charge in [0.25, 0.3) is 0 Å². The Morgan fingerprint density at radius 2 is 2.18 bits per heavy atom. The quantitative estimate of drug-likeness (QED) is 0.580. The lowest BCUT2D eigenvalue weighted by Gasteiger charge is -1.86. The highest BCUT2D eigenvalue weighted by molar-refractivity contribution is 9.10. The fourth-order valence-electron chi connectivity index (χ4n) is 0.606. The third-order valence-corrected chi connectivity index (χ3v) is 2.80. The minimum Gasteiger partial charge on any atom is -0.291 e. The predicted octanol–water partition coefficient (Wildman–Crippen LogP) is 2.28. The SMILES string of the molecule is CC(=O)C(=O)c1cc(Br)cs1. The van der Waals surface area contributed by atoms with Crippen molar-refractivity contribution in [2.75, 3.05) is 0 Å². The Bertz CT molecular complexity index is 303. The number of Topliss-reactive ketones (excluding diaryl/α,β-unsaturated/α-hetero) is 2. The van der Waals surface area contributed by atoms with Crippen molar-refractivity contribution in [2.24, 2.45) is 0 Å². The van der Waals surface area contributed by atoms with Crippen LogP contribution >= 0.6 is 27.3 Å². The van der Waals surface area contributed by atoms with Gasteiger partial charge in [-0.3, -0.25) is 9.59 Å². The van der Waals surface area contributed by atoms with Gasteiger partial charge in [0.15, 0.2) is 0 Å². The molecule has 0 saturated heterocycles. The number of carbonyl (C=O) groups excluding carboxylic acids is 2. The Balaban J connectivity index is 2.94. The summed E-state index contributed by atoms with van der Waals surface area (Å²) in [4.78, 5) is 22.1. The van der Waals surface area contributed by atoms with E-state index in [1.165, 1.54) is 18.3 Å². The lowest BCUT2D eigenvalue weighted by molar-refractivity contribution is -0.113. The van der Waals surface area contributed by atoms with Gasteiger partial charge in [-0.1, -0.05) is 0 Å². The minimum absolute atomic E-state index is 0.416. The minimum atomic E-state index is -0.417. The van der Waals surface area contributed by atoms with E-state index in [9.17, 15) is 9.59 Å². The normalized spacial score (nSPS) is 9.64. The number of hydrogen-bond acceptors (Lipinski definition) is 3. The van der Waals surface area contributed by atoms with Gasteiger partial charge in [-0.05, 0) is 22.0 Å². The summed E-state index contributed by atoms with van der Waals surface area (Å²) in [6, 6.07) is 1.65. The Hall–Kier alpha value is -0.480. The van der Waals surface area contributed by atoms with Crippen molar-refractivity contribution >= 4 is 38.8 Å². The fraction of sp³-hybridized carbons (Fsp3) is 0.143. The van der Waals surface area contributed by atoms with Crippen molar-refractivity contribution in [1.29, 1.82) is 0 Å². The number of carbonyl (C=O) groups is 2. The summed E-state index contributed by atoms with van der Waals surface area (Å²) in [5.74, 6) is -0.833.